The molecule has 12 nitrogen and oxygen atoms in total. The van der Waals surface area contributed by atoms with Crippen molar-refractivity contribution < 1.29 is 24.2 Å². The normalized spacial score (nSPS) is 24.2. The van der Waals surface area contributed by atoms with Gasteiger partial charge in [-0.2, -0.15) is 0 Å². The Balaban J connectivity index is 1.36. The van der Waals surface area contributed by atoms with Crippen LogP contribution in [-0.2, 0) is 14.3 Å². The molecular weight excluding hydrogens is 430 g/mol. The number of nitrogens with zero attached hydrogens (tertiary/aromatic N) is 5. The first-order chi connectivity index (χ1) is 15.9. The van der Waals surface area contributed by atoms with Gasteiger partial charge in [0.05, 0.1) is 20.0 Å². The number of hydrogen-bond donors (Lipinski definition) is 3. The molecule has 2 aliphatic carbocycles. The number of nitrogens with one attached hydrogen (secondary N) is 1. The Morgan fingerprint density at radius 1 is 1.36 bits per heavy atom. The molecule has 2 amide bonds. The second-order valence-corrected chi connectivity index (χ2v) is 8.49. The second kappa shape index (κ2) is 8.49. The van der Waals surface area contributed by atoms with E-state index in [0.717, 1.165) is 25.7 Å². The summed E-state index contributed by atoms with van der Waals surface area (Å²) < 4.78 is 12.2. The van der Waals surface area contributed by atoms with E-state index in [4.69, 9.17) is 15.2 Å². The van der Waals surface area contributed by atoms with Crippen LogP contribution < -0.4 is 11.1 Å². The highest BCUT2D eigenvalue weighted by Gasteiger charge is 2.41. The highest BCUT2D eigenvalue weighted by atomic mass is 16.5. The summed E-state index contributed by atoms with van der Waals surface area (Å²) in [4.78, 5) is 38.7. The molecule has 3 fully saturated rings. The molecule has 0 radical (unpaired) electrons. The minimum absolute atomic E-state index is 0.130. The van der Waals surface area contributed by atoms with Crippen molar-refractivity contribution in [3.63, 3.8) is 0 Å². The fourth-order valence-corrected chi connectivity index (χ4v) is 3.82. The topological polar surface area (TPSA) is 158 Å². The molecule has 2 aromatic heterocycles. The number of anilines is 1. The first-order valence-corrected chi connectivity index (χ1v) is 10.9. The number of nitrogen functional groups attached to an aromatic ring is 1. The molecule has 0 spiro atoms. The minimum atomic E-state index is -0.921. The van der Waals surface area contributed by atoms with E-state index < -0.39 is 24.5 Å². The van der Waals surface area contributed by atoms with E-state index in [-0.39, 0.29) is 42.6 Å². The van der Waals surface area contributed by atoms with Gasteiger partial charge in [0.1, 0.15) is 17.7 Å². The molecule has 1 saturated heterocycles. The largest absolute Gasteiger partial charge is 0.453 e. The van der Waals surface area contributed by atoms with Crippen LogP contribution in [0.5, 0.6) is 0 Å². The zero-order chi connectivity index (χ0) is 23.1. The predicted molar refractivity (Wildman–Crippen MR) is 114 cm³/mol. The van der Waals surface area contributed by atoms with Crippen molar-refractivity contribution in [2.45, 2.75) is 62.6 Å². The molecule has 0 aromatic carbocycles. The van der Waals surface area contributed by atoms with E-state index in [1.54, 1.807) is 9.47 Å². The number of aliphatic hydroxyl groups excluding tert-OH is 1. The first-order valence-electron chi connectivity index (χ1n) is 10.9. The number of carbonyl (C=O) groups is 2. The second-order valence-electron chi connectivity index (χ2n) is 8.49. The summed E-state index contributed by atoms with van der Waals surface area (Å²) in [6.45, 7) is 0.181. The molecule has 2 aromatic rings. The number of aromatic nitrogens is 4. The van der Waals surface area contributed by atoms with Crippen molar-refractivity contribution in [1.82, 2.24) is 29.7 Å². The van der Waals surface area contributed by atoms with E-state index in [1.807, 2.05) is 0 Å². The van der Waals surface area contributed by atoms with E-state index in [2.05, 4.69) is 32.1 Å². The van der Waals surface area contributed by atoms with Gasteiger partial charge in [-0.1, -0.05) is 5.92 Å². The van der Waals surface area contributed by atoms with Crippen LogP contribution in [0.3, 0.4) is 0 Å². The Kier molecular flexibility index (Phi) is 5.51. The standard InChI is InChI=1S/C21H25N7O5/c1-32-21(31)27(12-6-7-12)8-2-3-15-25-17(22)16-18(26-15)28(10-23-16)20-13(29)9-14(33-20)19(30)24-11-4-5-11/h10-14,20,29H,4-9H2,1H3,(H,24,30)(H2,22,25,26). The minimum Gasteiger partial charge on any atom is -0.453 e. The molecular formula is C21H25N7O5. The van der Waals surface area contributed by atoms with Crippen molar-refractivity contribution in [2.24, 2.45) is 0 Å². The summed E-state index contributed by atoms with van der Waals surface area (Å²) in [6.07, 6.45) is 2.46. The molecule has 3 unspecified atom stereocenters. The molecule has 3 atom stereocenters. The van der Waals surface area contributed by atoms with Gasteiger partial charge in [0.25, 0.3) is 0 Å². The molecule has 2 saturated carbocycles. The third-order valence-corrected chi connectivity index (χ3v) is 5.87. The maximum atomic E-state index is 12.4. The summed E-state index contributed by atoms with van der Waals surface area (Å²) in [5.74, 6) is 5.79. The van der Waals surface area contributed by atoms with Crippen LogP contribution in [0.1, 0.15) is 44.2 Å². The summed E-state index contributed by atoms with van der Waals surface area (Å²) in [5, 5.41) is 13.5. The molecule has 12 heteroatoms. The highest BCUT2D eigenvalue weighted by molar-refractivity contribution is 5.83. The first kappa shape index (κ1) is 21.4. The van der Waals surface area contributed by atoms with Gasteiger partial charge >= 0.3 is 6.09 Å². The number of fused-ring (bicyclic) bond motifs is 1. The van der Waals surface area contributed by atoms with Crippen LogP contribution >= 0.6 is 0 Å². The van der Waals surface area contributed by atoms with Gasteiger partial charge in [0.2, 0.25) is 11.7 Å². The molecule has 174 valence electrons. The Labute approximate surface area is 189 Å². The molecule has 3 heterocycles. The van der Waals surface area contributed by atoms with Crippen LogP contribution in [0.4, 0.5) is 10.6 Å². The van der Waals surface area contributed by atoms with Gasteiger partial charge in [0, 0.05) is 18.5 Å². The summed E-state index contributed by atoms with van der Waals surface area (Å²) in [5.41, 5.74) is 6.74. The number of ether oxygens (including phenoxy) is 2. The third kappa shape index (κ3) is 4.42. The fourth-order valence-electron chi connectivity index (χ4n) is 3.82. The zero-order valence-corrected chi connectivity index (χ0v) is 18.1. The third-order valence-electron chi connectivity index (χ3n) is 5.87. The lowest BCUT2D eigenvalue weighted by Gasteiger charge is -2.17. The van der Waals surface area contributed by atoms with Crippen molar-refractivity contribution in [2.75, 3.05) is 19.4 Å². The van der Waals surface area contributed by atoms with Gasteiger partial charge < -0.3 is 25.6 Å². The number of amides is 2. The number of methoxy groups -OCH3 is 1. The Bertz CT molecular complexity index is 1150. The van der Waals surface area contributed by atoms with E-state index in [0.29, 0.717) is 11.2 Å². The van der Waals surface area contributed by atoms with Crippen molar-refractivity contribution >= 4 is 29.0 Å². The molecule has 5 rings (SSSR count). The zero-order valence-electron chi connectivity index (χ0n) is 18.1. The van der Waals surface area contributed by atoms with Crippen LogP contribution in [0.2, 0.25) is 0 Å². The van der Waals surface area contributed by atoms with Crippen LogP contribution in [-0.4, -0.2) is 79.5 Å². The van der Waals surface area contributed by atoms with Crippen molar-refractivity contribution in [3.8, 4) is 11.8 Å². The van der Waals surface area contributed by atoms with Crippen LogP contribution in [0, 0.1) is 11.8 Å². The Morgan fingerprint density at radius 2 is 2.15 bits per heavy atom. The maximum absolute atomic E-state index is 12.4. The monoisotopic (exact) mass is 455 g/mol. The maximum Gasteiger partial charge on any atom is 0.410 e. The number of rotatable bonds is 5. The van der Waals surface area contributed by atoms with Crippen LogP contribution in [0.15, 0.2) is 6.33 Å². The number of nitrogens with two attached hydrogens (primary N) is 1. The van der Waals surface area contributed by atoms with Gasteiger partial charge in [-0.3, -0.25) is 14.3 Å². The van der Waals surface area contributed by atoms with Crippen molar-refractivity contribution in [1.29, 1.82) is 0 Å². The summed E-state index contributed by atoms with van der Waals surface area (Å²) in [7, 11) is 1.34. The molecule has 3 aliphatic rings. The van der Waals surface area contributed by atoms with Gasteiger partial charge in [-0.15, -0.1) is 0 Å². The molecule has 33 heavy (non-hydrogen) atoms. The Hall–Kier alpha value is -3.43. The SMILES string of the molecule is COC(=O)N(CC#Cc1nc(N)c2ncn(C3OC(C(=O)NC4CC4)CC3O)c2n1)C1CC1. The average Bonchev–Trinajstić information content (AvgIpc) is 3.72. The van der Waals surface area contributed by atoms with Crippen LogP contribution in [0.25, 0.3) is 11.2 Å². The summed E-state index contributed by atoms with van der Waals surface area (Å²) >= 11 is 0. The molecule has 1 aliphatic heterocycles. The van der Waals surface area contributed by atoms with Gasteiger partial charge in [0.15, 0.2) is 17.7 Å². The number of carbonyl (C=O) groups excluding carboxylic acids is 2. The molecule has 0 bridgehead atoms. The van der Waals surface area contributed by atoms with E-state index >= 15 is 0 Å². The number of hydrogen-bond acceptors (Lipinski definition) is 9. The molecule has 4 N–H and O–H groups in total. The highest BCUT2D eigenvalue weighted by Crippen LogP contribution is 2.32. The average molecular weight is 455 g/mol. The lowest BCUT2D eigenvalue weighted by atomic mass is 10.2. The van der Waals surface area contributed by atoms with E-state index in [9.17, 15) is 14.7 Å². The van der Waals surface area contributed by atoms with Crippen molar-refractivity contribution in [3.05, 3.63) is 12.2 Å². The lowest BCUT2D eigenvalue weighted by Crippen LogP contribution is -2.35. The van der Waals surface area contributed by atoms with Gasteiger partial charge in [-0.05, 0) is 31.6 Å². The Morgan fingerprint density at radius 3 is 2.85 bits per heavy atom. The predicted octanol–water partition coefficient (Wildman–Crippen LogP) is -0.0822. The fraction of sp³-hybridized carbons (Fsp3) is 0.571. The quantitative estimate of drug-likeness (QED) is 0.524. The van der Waals surface area contributed by atoms with Gasteiger partial charge in [-0.25, -0.2) is 19.7 Å². The number of imidazole rings is 1. The smallest absolute Gasteiger partial charge is 0.410 e. The lowest BCUT2D eigenvalue weighted by molar-refractivity contribution is -0.134. The van der Waals surface area contributed by atoms with E-state index in [1.165, 1.54) is 13.4 Å². The summed E-state index contributed by atoms with van der Waals surface area (Å²) in [6, 6.07) is 0.350. The number of aliphatic hydroxyl groups is 1.